The number of esters is 1. The fourth-order valence-corrected chi connectivity index (χ4v) is 2.66. The fourth-order valence-electron chi connectivity index (χ4n) is 1.79. The number of hydrogen-bond donors (Lipinski definition) is 1. The molecule has 0 saturated heterocycles. The molecular weight excluding hydrogens is 296 g/mol. The lowest BCUT2D eigenvalue weighted by atomic mass is 10.1. The molecule has 0 spiro atoms. The van der Waals surface area contributed by atoms with Crippen LogP contribution in [0.15, 0.2) is 24.3 Å². The molecule has 0 aliphatic rings. The summed E-state index contributed by atoms with van der Waals surface area (Å²) in [7, 11) is -1.08. The molecule has 0 aromatic rings. The minimum Gasteiger partial charge on any atom is -0.463 e. The highest BCUT2D eigenvalue weighted by molar-refractivity contribution is 6.76. The molecule has 1 N–H and O–H groups in total. The summed E-state index contributed by atoms with van der Waals surface area (Å²) in [5.74, 6) is -0.408. The zero-order chi connectivity index (χ0) is 17.0. The summed E-state index contributed by atoms with van der Waals surface area (Å²) >= 11 is 0. The standard InChI is InChI=1S/C17H32O4Si/c1-6-10-15(18)16(11-12-17(19)20-7-2)21-13-8-9-14-22(3,4)5/h8-9,11-12,15-16,18H,6-7,10,13-14H2,1-5H3/b9-8+,12-11+/t15-,16-/m1/s1. The maximum absolute atomic E-state index is 11.4. The van der Waals surface area contributed by atoms with Crippen molar-refractivity contribution in [3.63, 3.8) is 0 Å². The zero-order valence-corrected chi connectivity index (χ0v) is 15.7. The van der Waals surface area contributed by atoms with Crippen molar-refractivity contribution in [2.75, 3.05) is 13.2 Å². The Hall–Kier alpha value is -0.913. The lowest BCUT2D eigenvalue weighted by Crippen LogP contribution is -2.27. The van der Waals surface area contributed by atoms with Crippen molar-refractivity contribution in [3.05, 3.63) is 24.3 Å². The van der Waals surface area contributed by atoms with E-state index in [1.807, 2.05) is 13.0 Å². The van der Waals surface area contributed by atoms with E-state index in [-0.39, 0.29) is 0 Å². The highest BCUT2D eigenvalue weighted by atomic mass is 28.3. The first-order valence-electron chi connectivity index (χ1n) is 8.09. The zero-order valence-electron chi connectivity index (χ0n) is 14.7. The Morgan fingerprint density at radius 2 is 1.91 bits per heavy atom. The van der Waals surface area contributed by atoms with Gasteiger partial charge in [-0.05, 0) is 25.5 Å². The molecule has 4 nitrogen and oxygen atoms in total. The number of carbonyl (C=O) groups excluding carboxylic acids is 1. The number of hydrogen-bond acceptors (Lipinski definition) is 4. The largest absolute Gasteiger partial charge is 0.463 e. The molecule has 0 rings (SSSR count). The van der Waals surface area contributed by atoms with E-state index in [2.05, 4.69) is 25.7 Å². The average molecular weight is 329 g/mol. The van der Waals surface area contributed by atoms with E-state index in [0.29, 0.717) is 19.6 Å². The normalized spacial score (nSPS) is 15.4. The fraction of sp³-hybridized carbons (Fsp3) is 0.706. The van der Waals surface area contributed by atoms with Gasteiger partial charge in [-0.1, -0.05) is 45.1 Å². The smallest absolute Gasteiger partial charge is 0.330 e. The second kappa shape index (κ2) is 11.6. The van der Waals surface area contributed by atoms with Gasteiger partial charge in [0.05, 0.1) is 19.3 Å². The van der Waals surface area contributed by atoms with E-state index in [1.165, 1.54) is 6.08 Å². The first kappa shape index (κ1) is 21.1. The van der Waals surface area contributed by atoms with Crippen LogP contribution in [0.3, 0.4) is 0 Å². The van der Waals surface area contributed by atoms with Gasteiger partial charge in [0.15, 0.2) is 0 Å². The molecule has 128 valence electrons. The maximum atomic E-state index is 11.4. The van der Waals surface area contributed by atoms with Crippen molar-refractivity contribution in [1.29, 1.82) is 0 Å². The van der Waals surface area contributed by atoms with Crippen LogP contribution < -0.4 is 0 Å². The van der Waals surface area contributed by atoms with Gasteiger partial charge in [0.1, 0.15) is 6.10 Å². The van der Waals surface area contributed by atoms with Crippen molar-refractivity contribution >= 4 is 14.0 Å². The molecule has 0 aliphatic heterocycles. The van der Waals surface area contributed by atoms with E-state index < -0.39 is 26.3 Å². The van der Waals surface area contributed by atoms with Crippen LogP contribution in [-0.4, -0.2) is 44.6 Å². The van der Waals surface area contributed by atoms with Gasteiger partial charge in [0, 0.05) is 14.1 Å². The summed E-state index contributed by atoms with van der Waals surface area (Å²) in [6.45, 7) is 11.5. The summed E-state index contributed by atoms with van der Waals surface area (Å²) < 4.78 is 10.5. The second-order valence-electron chi connectivity index (χ2n) is 6.50. The Bertz CT molecular complexity index is 358. The third kappa shape index (κ3) is 11.7. The van der Waals surface area contributed by atoms with Crippen molar-refractivity contribution in [3.8, 4) is 0 Å². The Kier molecular flexibility index (Phi) is 11.1. The maximum Gasteiger partial charge on any atom is 0.330 e. The lowest BCUT2D eigenvalue weighted by molar-refractivity contribution is -0.137. The number of rotatable bonds is 11. The van der Waals surface area contributed by atoms with Gasteiger partial charge in [-0.2, -0.15) is 0 Å². The molecule has 5 heteroatoms. The molecule has 0 aromatic heterocycles. The van der Waals surface area contributed by atoms with Gasteiger partial charge in [0.25, 0.3) is 0 Å². The molecule has 0 heterocycles. The molecular formula is C17H32O4Si. The predicted octanol–water partition coefficient (Wildman–Crippen LogP) is 3.55. The molecule has 0 aliphatic carbocycles. The molecule has 0 unspecified atom stereocenters. The number of allylic oxidation sites excluding steroid dienone is 1. The van der Waals surface area contributed by atoms with Gasteiger partial charge in [-0.15, -0.1) is 0 Å². The Morgan fingerprint density at radius 1 is 1.23 bits per heavy atom. The van der Waals surface area contributed by atoms with Crippen LogP contribution in [0.5, 0.6) is 0 Å². The van der Waals surface area contributed by atoms with E-state index in [9.17, 15) is 9.90 Å². The topological polar surface area (TPSA) is 55.8 Å². The molecule has 22 heavy (non-hydrogen) atoms. The summed E-state index contributed by atoms with van der Waals surface area (Å²) in [6.07, 6.45) is 7.45. The number of aliphatic hydroxyl groups excluding tert-OH is 1. The highest BCUT2D eigenvalue weighted by Crippen LogP contribution is 2.10. The summed E-state index contributed by atoms with van der Waals surface area (Å²) in [6, 6.07) is 1.11. The molecule has 2 atom stereocenters. The Balaban J connectivity index is 4.45. The summed E-state index contributed by atoms with van der Waals surface area (Å²) in [5, 5.41) is 10.1. The van der Waals surface area contributed by atoms with Crippen molar-refractivity contribution in [1.82, 2.24) is 0 Å². The minimum atomic E-state index is -1.08. The number of ether oxygens (including phenoxy) is 2. The third-order valence-electron chi connectivity index (χ3n) is 2.95. The first-order valence-corrected chi connectivity index (χ1v) is 11.8. The third-order valence-corrected chi connectivity index (χ3v) is 4.41. The lowest BCUT2D eigenvalue weighted by Gasteiger charge is -2.19. The molecule has 0 fully saturated rings. The Labute approximate surface area is 136 Å². The van der Waals surface area contributed by atoms with Crippen LogP contribution in [-0.2, 0) is 14.3 Å². The molecule has 0 bridgehead atoms. The van der Waals surface area contributed by atoms with Crippen molar-refractivity contribution in [2.24, 2.45) is 0 Å². The molecule has 0 saturated carbocycles. The van der Waals surface area contributed by atoms with Crippen molar-refractivity contribution in [2.45, 2.75) is 64.6 Å². The van der Waals surface area contributed by atoms with Crippen LogP contribution in [0.1, 0.15) is 26.7 Å². The Morgan fingerprint density at radius 3 is 2.45 bits per heavy atom. The van der Waals surface area contributed by atoms with Gasteiger partial charge >= 0.3 is 5.97 Å². The first-order chi connectivity index (χ1) is 10.3. The SMILES string of the molecule is CCC[C@@H](O)[C@@H](/C=C/C(=O)OCC)OC/C=C/C[Si](C)(C)C. The average Bonchev–Trinajstić information content (AvgIpc) is 2.41. The summed E-state index contributed by atoms with van der Waals surface area (Å²) in [5.41, 5.74) is 0. The van der Waals surface area contributed by atoms with Crippen LogP contribution in [0.25, 0.3) is 0 Å². The van der Waals surface area contributed by atoms with Gasteiger partial charge < -0.3 is 14.6 Å². The highest BCUT2D eigenvalue weighted by Gasteiger charge is 2.16. The monoisotopic (exact) mass is 328 g/mol. The predicted molar refractivity (Wildman–Crippen MR) is 93.7 cm³/mol. The molecule has 0 aromatic carbocycles. The number of carbonyl (C=O) groups is 1. The van der Waals surface area contributed by atoms with Gasteiger partial charge in [0.2, 0.25) is 0 Å². The minimum absolute atomic E-state index is 0.339. The number of aliphatic hydroxyl groups is 1. The van der Waals surface area contributed by atoms with E-state index in [4.69, 9.17) is 9.47 Å². The quantitative estimate of drug-likeness (QED) is 0.273. The molecule has 0 amide bonds. The van der Waals surface area contributed by atoms with E-state index in [1.54, 1.807) is 13.0 Å². The van der Waals surface area contributed by atoms with E-state index >= 15 is 0 Å². The molecule has 0 radical (unpaired) electrons. The van der Waals surface area contributed by atoms with Gasteiger partial charge in [-0.25, -0.2) is 4.79 Å². The van der Waals surface area contributed by atoms with Crippen LogP contribution in [0.2, 0.25) is 25.7 Å². The van der Waals surface area contributed by atoms with Gasteiger partial charge in [-0.3, -0.25) is 0 Å². The van der Waals surface area contributed by atoms with Crippen LogP contribution >= 0.6 is 0 Å². The van der Waals surface area contributed by atoms with Crippen LogP contribution in [0.4, 0.5) is 0 Å². The second-order valence-corrected chi connectivity index (χ2v) is 12.0. The van der Waals surface area contributed by atoms with E-state index in [0.717, 1.165) is 12.5 Å². The summed E-state index contributed by atoms with van der Waals surface area (Å²) in [4.78, 5) is 11.4. The van der Waals surface area contributed by atoms with Crippen molar-refractivity contribution < 1.29 is 19.4 Å². The van der Waals surface area contributed by atoms with Crippen LogP contribution in [0, 0.1) is 0 Å².